The van der Waals surface area contributed by atoms with Gasteiger partial charge in [-0.3, -0.25) is 4.90 Å². The Kier molecular flexibility index (Phi) is 6.03. The third kappa shape index (κ3) is 4.11. The van der Waals surface area contributed by atoms with Crippen LogP contribution in [0.15, 0.2) is 18.5 Å². The number of hydrogen-bond donors (Lipinski definition) is 2. The number of piperazine rings is 1. The number of imidazole rings is 1. The van der Waals surface area contributed by atoms with E-state index in [1.165, 1.54) is 6.07 Å². The second-order valence-electron chi connectivity index (χ2n) is 12.1. The van der Waals surface area contributed by atoms with E-state index in [1.54, 1.807) is 12.4 Å². The molecule has 10 nitrogen and oxygen atoms in total. The van der Waals surface area contributed by atoms with Gasteiger partial charge in [-0.05, 0) is 43.9 Å². The number of rotatable bonds is 6. The van der Waals surface area contributed by atoms with Crippen LogP contribution in [0.2, 0.25) is 0 Å². The summed E-state index contributed by atoms with van der Waals surface area (Å²) in [6.07, 6.45) is 5.48. The normalized spacial score (nSPS) is 27.3. The summed E-state index contributed by atoms with van der Waals surface area (Å²) in [5.74, 6) is 0.568. The average molecular weight is 592 g/mol. The minimum absolute atomic E-state index is 0.285. The van der Waals surface area contributed by atoms with Crippen LogP contribution in [-0.4, -0.2) is 81.0 Å². The number of nitrogens with zero attached hydrogens (tertiary/aromatic N) is 7. The van der Waals surface area contributed by atoms with Gasteiger partial charge in [-0.15, -0.1) is 11.3 Å². The maximum Gasteiger partial charge on any atom is 0.247 e. The zero-order valence-electron chi connectivity index (χ0n) is 23.0. The molecular weight excluding hydrogens is 560 g/mol. The standard InChI is InChI=1S/C29H31F2N9OS/c30-17-8-29(6-1-7-40(29)11-17)14-41-27-23-26(36-28(37-27)38-12-18-3-4-19(13-38)35-18)39(15-34-23)10-16-2-5-21(31)24-22(16)20(9-32)25(33)42-24/h2,5,15,17-19,35H,1,3-4,6-8,10-14,33H2/t17-,18-,19+,29+/m1/s1. The Bertz CT molecular complexity index is 1740. The molecular formula is C29H31F2N9OS. The van der Waals surface area contributed by atoms with Gasteiger partial charge >= 0.3 is 0 Å². The number of benzene rings is 1. The molecule has 0 aliphatic carbocycles. The summed E-state index contributed by atoms with van der Waals surface area (Å²) in [4.78, 5) is 19.0. The zero-order chi connectivity index (χ0) is 28.6. The van der Waals surface area contributed by atoms with Gasteiger partial charge in [-0.2, -0.15) is 15.2 Å². The first-order valence-corrected chi connectivity index (χ1v) is 15.4. The van der Waals surface area contributed by atoms with Crippen LogP contribution in [0.4, 0.5) is 19.7 Å². The van der Waals surface area contributed by atoms with Crippen LogP contribution in [0.3, 0.4) is 0 Å². The minimum atomic E-state index is -0.845. The number of alkyl halides is 1. The van der Waals surface area contributed by atoms with E-state index in [0.717, 1.165) is 62.2 Å². The van der Waals surface area contributed by atoms with Crippen LogP contribution in [-0.2, 0) is 6.54 Å². The number of nitriles is 1. The van der Waals surface area contributed by atoms with E-state index >= 15 is 0 Å². The zero-order valence-corrected chi connectivity index (χ0v) is 23.8. The number of anilines is 2. The van der Waals surface area contributed by atoms with E-state index in [0.29, 0.717) is 76.3 Å². The molecule has 4 aromatic rings. The van der Waals surface area contributed by atoms with Crippen molar-refractivity contribution in [2.75, 3.05) is 43.4 Å². The van der Waals surface area contributed by atoms with E-state index < -0.39 is 12.0 Å². The topological polar surface area (TPSA) is 121 Å². The summed E-state index contributed by atoms with van der Waals surface area (Å²) in [6, 6.07) is 6.03. The Morgan fingerprint density at radius 1 is 1.21 bits per heavy atom. The lowest BCUT2D eigenvalue weighted by Gasteiger charge is -2.33. The SMILES string of the molecule is N#Cc1c(N)sc2c(F)ccc(Cn3cnc4c(OC[C@@]56CCCN5C[C@H](F)C6)nc(N5C[C@H]6CC[C@@H](C5)N6)nc43)c12. The molecule has 4 aliphatic heterocycles. The summed E-state index contributed by atoms with van der Waals surface area (Å²) in [6.45, 7) is 3.59. The minimum Gasteiger partial charge on any atom is -0.474 e. The molecule has 42 heavy (non-hydrogen) atoms. The number of aromatic nitrogens is 4. The quantitative estimate of drug-likeness (QED) is 0.347. The second kappa shape index (κ2) is 9.72. The molecule has 13 heteroatoms. The molecule has 4 atom stereocenters. The predicted molar refractivity (Wildman–Crippen MR) is 156 cm³/mol. The maximum atomic E-state index is 14.7. The highest BCUT2D eigenvalue weighted by Crippen LogP contribution is 2.41. The van der Waals surface area contributed by atoms with Crippen molar-refractivity contribution in [2.45, 2.75) is 62.4 Å². The van der Waals surface area contributed by atoms with Gasteiger partial charge in [0.15, 0.2) is 11.2 Å². The fourth-order valence-electron chi connectivity index (χ4n) is 7.56. The van der Waals surface area contributed by atoms with Crippen molar-refractivity contribution in [1.82, 2.24) is 29.7 Å². The number of ether oxygens (including phenoxy) is 1. The van der Waals surface area contributed by atoms with Crippen molar-refractivity contribution in [3.05, 3.63) is 35.4 Å². The van der Waals surface area contributed by atoms with Crippen LogP contribution >= 0.6 is 11.3 Å². The smallest absolute Gasteiger partial charge is 0.247 e. The fourth-order valence-corrected chi connectivity index (χ4v) is 8.53. The third-order valence-corrected chi connectivity index (χ3v) is 10.5. The fraction of sp³-hybridized carbons (Fsp3) is 0.517. The number of hydrogen-bond acceptors (Lipinski definition) is 10. The lowest BCUT2D eigenvalue weighted by atomic mass is 9.95. The molecule has 3 aromatic heterocycles. The molecule has 0 saturated carbocycles. The van der Waals surface area contributed by atoms with Crippen molar-refractivity contribution in [3.63, 3.8) is 0 Å². The van der Waals surface area contributed by atoms with E-state index in [4.69, 9.17) is 20.4 Å². The van der Waals surface area contributed by atoms with Gasteiger partial charge < -0.3 is 25.3 Å². The summed E-state index contributed by atoms with van der Waals surface area (Å²) in [5, 5.41) is 14.2. The molecule has 7 heterocycles. The summed E-state index contributed by atoms with van der Waals surface area (Å²) < 4.78 is 37.9. The molecule has 0 unspecified atom stereocenters. The first-order chi connectivity index (χ1) is 20.4. The number of nitrogen functional groups attached to an aromatic ring is 1. The van der Waals surface area contributed by atoms with Crippen LogP contribution in [0.25, 0.3) is 21.3 Å². The highest BCUT2D eigenvalue weighted by atomic mass is 32.1. The first-order valence-electron chi connectivity index (χ1n) is 14.6. The molecule has 3 N–H and O–H groups in total. The monoisotopic (exact) mass is 591 g/mol. The first kappa shape index (κ1) is 26.1. The Morgan fingerprint density at radius 3 is 2.86 bits per heavy atom. The van der Waals surface area contributed by atoms with E-state index in [9.17, 15) is 14.0 Å². The molecule has 4 fully saturated rings. The Labute approximate surface area is 245 Å². The van der Waals surface area contributed by atoms with E-state index in [1.807, 2.05) is 4.57 Å². The van der Waals surface area contributed by atoms with Gasteiger partial charge in [0, 0.05) is 43.5 Å². The van der Waals surface area contributed by atoms with Gasteiger partial charge in [0.25, 0.3) is 0 Å². The van der Waals surface area contributed by atoms with Crippen LogP contribution < -0.4 is 20.7 Å². The van der Waals surface area contributed by atoms with Crippen LogP contribution in [0, 0.1) is 17.1 Å². The molecule has 8 rings (SSSR count). The van der Waals surface area contributed by atoms with E-state index in [-0.39, 0.29) is 11.1 Å². The highest BCUT2D eigenvalue weighted by Gasteiger charge is 2.49. The molecule has 218 valence electrons. The summed E-state index contributed by atoms with van der Waals surface area (Å²) in [5.41, 5.74) is 7.91. The molecule has 0 radical (unpaired) electrons. The molecule has 4 aliphatic rings. The van der Waals surface area contributed by atoms with Crippen molar-refractivity contribution < 1.29 is 13.5 Å². The van der Waals surface area contributed by atoms with Crippen LogP contribution in [0.1, 0.15) is 43.2 Å². The van der Waals surface area contributed by atoms with Gasteiger partial charge in [0.1, 0.15) is 29.7 Å². The van der Waals surface area contributed by atoms with E-state index in [2.05, 4.69) is 26.2 Å². The molecule has 4 saturated heterocycles. The lowest BCUT2D eigenvalue weighted by Crippen LogP contribution is -2.51. The molecule has 0 spiro atoms. The predicted octanol–water partition coefficient (Wildman–Crippen LogP) is 3.58. The van der Waals surface area contributed by atoms with Gasteiger partial charge in [0.05, 0.1) is 28.7 Å². The average Bonchev–Trinajstić information content (AvgIpc) is 3.78. The summed E-state index contributed by atoms with van der Waals surface area (Å²) >= 11 is 1.08. The highest BCUT2D eigenvalue weighted by molar-refractivity contribution is 7.23. The van der Waals surface area contributed by atoms with Gasteiger partial charge in [-0.1, -0.05) is 6.07 Å². The van der Waals surface area contributed by atoms with Gasteiger partial charge in [-0.25, -0.2) is 13.8 Å². The number of halogens is 2. The summed E-state index contributed by atoms with van der Waals surface area (Å²) in [7, 11) is 0. The molecule has 2 bridgehead atoms. The Morgan fingerprint density at radius 2 is 2.05 bits per heavy atom. The van der Waals surface area contributed by atoms with Crippen molar-refractivity contribution in [2.24, 2.45) is 0 Å². The molecule has 0 amide bonds. The Hall–Kier alpha value is -3.60. The second-order valence-corrected chi connectivity index (χ2v) is 13.2. The van der Waals surface area contributed by atoms with Gasteiger partial charge in [0.2, 0.25) is 11.8 Å². The number of fused-ring (bicyclic) bond motifs is 5. The maximum absolute atomic E-state index is 14.7. The Balaban J connectivity index is 1.20. The largest absolute Gasteiger partial charge is 0.474 e. The number of nitrogens with one attached hydrogen (secondary N) is 1. The van der Waals surface area contributed by atoms with Crippen LogP contribution in [0.5, 0.6) is 5.88 Å². The number of nitrogens with two attached hydrogens (primary N) is 1. The van der Waals surface area contributed by atoms with Crippen molar-refractivity contribution in [1.29, 1.82) is 5.26 Å². The number of thiophene rings is 1. The van der Waals surface area contributed by atoms with Crippen molar-refractivity contribution >= 4 is 43.5 Å². The third-order valence-electron chi connectivity index (χ3n) is 9.51. The molecule has 1 aromatic carbocycles. The lowest BCUT2D eigenvalue weighted by molar-refractivity contribution is 0.111. The van der Waals surface area contributed by atoms with Crippen molar-refractivity contribution in [3.8, 4) is 11.9 Å².